The monoisotopic (exact) mass is 298 g/mol. The fourth-order valence-electron chi connectivity index (χ4n) is 2.22. The van der Waals surface area contributed by atoms with Crippen LogP contribution in [0.5, 0.6) is 0 Å². The molecule has 0 aromatic heterocycles. The van der Waals surface area contributed by atoms with Crippen molar-refractivity contribution in [1.82, 2.24) is 16.0 Å². The fourth-order valence-corrected chi connectivity index (χ4v) is 3.42. The van der Waals surface area contributed by atoms with E-state index in [1.54, 1.807) is 7.05 Å². The molecule has 3 N–H and O–H groups in total. The van der Waals surface area contributed by atoms with E-state index in [9.17, 15) is 4.79 Å². The Bertz CT molecular complexity index is 338. The summed E-state index contributed by atoms with van der Waals surface area (Å²) in [6.07, 6.45) is 6.38. The lowest BCUT2D eigenvalue weighted by Gasteiger charge is -2.14. The number of nitrogens with one attached hydrogen (secondary N) is 3. The molecule has 0 bridgehead atoms. The first-order valence-corrected chi connectivity index (χ1v) is 8.68. The fraction of sp³-hybridized carbons (Fsp3) is 0.857. The van der Waals surface area contributed by atoms with Crippen LogP contribution in [-0.2, 0) is 4.79 Å². The minimum atomic E-state index is 0.180. The second-order valence-corrected chi connectivity index (χ2v) is 6.87. The summed E-state index contributed by atoms with van der Waals surface area (Å²) in [5, 5.41) is 10.3. The highest BCUT2D eigenvalue weighted by Gasteiger charge is 2.22. The van der Waals surface area contributed by atoms with E-state index in [0.29, 0.717) is 12.5 Å². The number of hydrogen-bond acceptors (Lipinski definition) is 3. The summed E-state index contributed by atoms with van der Waals surface area (Å²) in [4.78, 5) is 15.7. The lowest BCUT2D eigenvalue weighted by atomic mass is 10.2. The molecule has 1 unspecified atom stereocenters. The summed E-state index contributed by atoms with van der Waals surface area (Å²) in [5.74, 6) is 2.31. The molecule has 0 radical (unpaired) electrons. The van der Waals surface area contributed by atoms with E-state index in [4.69, 9.17) is 0 Å². The van der Waals surface area contributed by atoms with Crippen LogP contribution in [0.4, 0.5) is 0 Å². The molecule has 20 heavy (non-hydrogen) atoms. The number of carbonyl (C=O) groups is 1. The van der Waals surface area contributed by atoms with E-state index in [1.807, 2.05) is 11.8 Å². The highest BCUT2D eigenvalue weighted by atomic mass is 32.2. The normalized spacial score (nSPS) is 22.6. The maximum absolute atomic E-state index is 11.5. The molecule has 5 nitrogen and oxygen atoms in total. The number of carbonyl (C=O) groups excluding carboxylic acids is 1. The van der Waals surface area contributed by atoms with Crippen molar-refractivity contribution >= 4 is 23.6 Å². The van der Waals surface area contributed by atoms with Gasteiger partial charge in [-0.15, -0.1) is 0 Å². The first-order chi connectivity index (χ1) is 9.78. The van der Waals surface area contributed by atoms with Crippen LogP contribution in [0.25, 0.3) is 0 Å². The van der Waals surface area contributed by atoms with Crippen molar-refractivity contribution in [1.29, 1.82) is 0 Å². The molecular formula is C14H26N4OS. The Morgan fingerprint density at radius 1 is 1.30 bits per heavy atom. The molecule has 6 heteroatoms. The summed E-state index contributed by atoms with van der Waals surface area (Å²) >= 11 is 2.04. The second kappa shape index (κ2) is 8.39. The van der Waals surface area contributed by atoms with E-state index in [2.05, 4.69) is 20.9 Å². The van der Waals surface area contributed by atoms with Gasteiger partial charge < -0.3 is 16.0 Å². The highest BCUT2D eigenvalue weighted by Crippen LogP contribution is 2.25. The van der Waals surface area contributed by atoms with Crippen LogP contribution in [0.15, 0.2) is 4.99 Å². The van der Waals surface area contributed by atoms with Crippen molar-refractivity contribution in [3.05, 3.63) is 0 Å². The number of rotatable bonds is 7. The van der Waals surface area contributed by atoms with Crippen molar-refractivity contribution in [3.8, 4) is 0 Å². The second-order valence-electron chi connectivity index (χ2n) is 5.46. The van der Waals surface area contributed by atoms with Crippen LogP contribution in [-0.4, -0.2) is 49.0 Å². The third-order valence-corrected chi connectivity index (χ3v) is 4.96. The van der Waals surface area contributed by atoms with Gasteiger partial charge in [-0.05, 0) is 37.9 Å². The average Bonchev–Trinajstić information content (AvgIpc) is 3.10. The third-order valence-electron chi connectivity index (χ3n) is 3.56. The Balaban J connectivity index is 1.50. The Morgan fingerprint density at radius 2 is 2.15 bits per heavy atom. The maximum atomic E-state index is 11.5. The zero-order valence-electron chi connectivity index (χ0n) is 12.3. The zero-order chi connectivity index (χ0) is 14.2. The minimum Gasteiger partial charge on any atom is -0.356 e. The number of thioether (sulfide) groups is 1. The highest BCUT2D eigenvalue weighted by molar-refractivity contribution is 8.00. The SMILES string of the molecule is CN=C(NCCCC(=O)NC1CC1)NCC1CCCS1. The molecule has 0 aromatic rings. The number of nitrogens with zero attached hydrogens (tertiary/aromatic N) is 1. The van der Waals surface area contributed by atoms with Crippen molar-refractivity contribution < 1.29 is 4.79 Å². The van der Waals surface area contributed by atoms with Crippen molar-refractivity contribution in [3.63, 3.8) is 0 Å². The number of guanidine groups is 1. The van der Waals surface area contributed by atoms with E-state index < -0.39 is 0 Å². The van der Waals surface area contributed by atoms with Gasteiger partial charge in [0.05, 0.1) is 0 Å². The number of amides is 1. The maximum Gasteiger partial charge on any atom is 0.220 e. The van der Waals surface area contributed by atoms with Gasteiger partial charge in [-0.3, -0.25) is 9.79 Å². The smallest absolute Gasteiger partial charge is 0.220 e. The van der Waals surface area contributed by atoms with Gasteiger partial charge in [-0.25, -0.2) is 0 Å². The topological polar surface area (TPSA) is 65.5 Å². The molecule has 114 valence electrons. The van der Waals surface area contributed by atoms with Crippen molar-refractivity contribution in [2.75, 3.05) is 25.9 Å². The molecule has 0 aromatic carbocycles. The molecule has 0 spiro atoms. The molecule has 2 fully saturated rings. The standard InChI is InChI=1S/C14H26N4OS/c1-15-14(17-10-12-4-3-9-20-12)16-8-2-5-13(19)18-11-6-7-11/h11-12H,2-10H2,1H3,(H,18,19)(H2,15,16,17). The molecule has 1 amide bonds. The Kier molecular flexibility index (Phi) is 6.50. The van der Waals surface area contributed by atoms with Crippen LogP contribution < -0.4 is 16.0 Å². The Labute approximate surface area is 125 Å². The average molecular weight is 298 g/mol. The lowest BCUT2D eigenvalue weighted by Crippen LogP contribution is -2.40. The van der Waals surface area contributed by atoms with Gasteiger partial charge in [0.1, 0.15) is 0 Å². The van der Waals surface area contributed by atoms with Gasteiger partial charge in [0.15, 0.2) is 5.96 Å². The zero-order valence-corrected chi connectivity index (χ0v) is 13.1. The molecular weight excluding hydrogens is 272 g/mol. The minimum absolute atomic E-state index is 0.180. The van der Waals surface area contributed by atoms with Crippen LogP contribution in [0, 0.1) is 0 Å². The summed E-state index contributed by atoms with van der Waals surface area (Å²) < 4.78 is 0. The summed E-state index contributed by atoms with van der Waals surface area (Å²) in [7, 11) is 1.79. The quantitative estimate of drug-likeness (QED) is 0.374. The summed E-state index contributed by atoms with van der Waals surface area (Å²) in [5.41, 5.74) is 0. The lowest BCUT2D eigenvalue weighted by molar-refractivity contribution is -0.121. The van der Waals surface area contributed by atoms with Crippen LogP contribution in [0.3, 0.4) is 0 Å². The molecule has 2 aliphatic rings. The molecule has 1 saturated carbocycles. The van der Waals surface area contributed by atoms with E-state index in [1.165, 1.54) is 18.6 Å². The predicted octanol–water partition coefficient (Wildman–Crippen LogP) is 1.11. The number of aliphatic imine (C=N–C) groups is 1. The third kappa shape index (κ3) is 6.03. The Morgan fingerprint density at radius 3 is 2.80 bits per heavy atom. The molecule has 1 saturated heterocycles. The van der Waals surface area contributed by atoms with Crippen LogP contribution >= 0.6 is 11.8 Å². The van der Waals surface area contributed by atoms with Gasteiger partial charge >= 0.3 is 0 Å². The first-order valence-electron chi connectivity index (χ1n) is 7.63. The van der Waals surface area contributed by atoms with E-state index in [0.717, 1.165) is 43.6 Å². The van der Waals surface area contributed by atoms with Gasteiger partial charge in [-0.2, -0.15) is 11.8 Å². The van der Waals surface area contributed by atoms with Gasteiger partial charge in [-0.1, -0.05) is 0 Å². The molecule has 1 aliphatic heterocycles. The van der Waals surface area contributed by atoms with Crippen LogP contribution in [0.2, 0.25) is 0 Å². The molecule has 1 heterocycles. The van der Waals surface area contributed by atoms with Crippen molar-refractivity contribution in [2.45, 2.75) is 49.8 Å². The van der Waals surface area contributed by atoms with Crippen LogP contribution in [0.1, 0.15) is 38.5 Å². The molecule has 2 rings (SSSR count). The Hall–Kier alpha value is -0.910. The van der Waals surface area contributed by atoms with Gasteiger partial charge in [0.2, 0.25) is 5.91 Å². The predicted molar refractivity (Wildman–Crippen MR) is 85.2 cm³/mol. The van der Waals surface area contributed by atoms with E-state index >= 15 is 0 Å². The summed E-state index contributed by atoms with van der Waals surface area (Å²) in [6.45, 7) is 1.77. The van der Waals surface area contributed by atoms with Gasteiger partial charge in [0.25, 0.3) is 0 Å². The first kappa shape index (κ1) is 15.5. The number of hydrogen-bond donors (Lipinski definition) is 3. The van der Waals surface area contributed by atoms with Crippen molar-refractivity contribution in [2.24, 2.45) is 4.99 Å². The van der Waals surface area contributed by atoms with Gasteiger partial charge in [0, 0.05) is 37.8 Å². The van der Waals surface area contributed by atoms with E-state index in [-0.39, 0.29) is 5.91 Å². The molecule has 1 aliphatic carbocycles. The largest absolute Gasteiger partial charge is 0.356 e. The summed E-state index contributed by atoms with van der Waals surface area (Å²) in [6, 6.07) is 0.466. The molecule has 1 atom stereocenters.